The molecule has 1 aliphatic rings. The van der Waals surface area contributed by atoms with Gasteiger partial charge in [-0.2, -0.15) is 10.4 Å². The van der Waals surface area contributed by atoms with Crippen molar-refractivity contribution in [3.8, 4) is 6.07 Å². The van der Waals surface area contributed by atoms with Crippen LogP contribution in [0, 0.1) is 11.3 Å². The van der Waals surface area contributed by atoms with Crippen molar-refractivity contribution < 1.29 is 5.11 Å². The van der Waals surface area contributed by atoms with Gasteiger partial charge in [-0.15, -0.1) is 5.10 Å². The summed E-state index contributed by atoms with van der Waals surface area (Å²) in [7, 11) is 0. The summed E-state index contributed by atoms with van der Waals surface area (Å²) in [5.74, 6) is 0.600. The Kier molecular flexibility index (Phi) is 4.91. The summed E-state index contributed by atoms with van der Waals surface area (Å²) in [6, 6.07) is 2.55. The highest BCUT2D eigenvalue weighted by Gasteiger charge is 2.22. The zero-order valence-corrected chi connectivity index (χ0v) is 12.2. The van der Waals surface area contributed by atoms with Gasteiger partial charge in [-0.25, -0.2) is 0 Å². The molecule has 0 aromatic carbocycles. The molecule has 0 saturated heterocycles. The van der Waals surface area contributed by atoms with Crippen molar-refractivity contribution in [2.45, 2.75) is 64.5 Å². The van der Waals surface area contributed by atoms with Crippen molar-refractivity contribution in [1.82, 2.24) is 10.2 Å². The van der Waals surface area contributed by atoms with Gasteiger partial charge in [-0.05, 0) is 44.1 Å². The first kappa shape index (κ1) is 14.7. The number of aryl methyl sites for hydroxylation is 1. The lowest BCUT2D eigenvalue weighted by molar-refractivity contribution is 0.126. The maximum atomic E-state index is 9.54. The van der Waals surface area contributed by atoms with Crippen LogP contribution in [0.2, 0.25) is 0 Å². The SMILES string of the molecule is CCc1nnc(NC2CCC(O)CC2)c(C#N)c1CC. The molecule has 5 nitrogen and oxygen atoms in total. The molecule has 5 heteroatoms. The topological polar surface area (TPSA) is 81.8 Å². The highest BCUT2D eigenvalue weighted by Crippen LogP contribution is 2.25. The molecule has 0 aliphatic heterocycles. The number of aliphatic hydroxyl groups is 1. The average molecular weight is 274 g/mol. The van der Waals surface area contributed by atoms with Crippen LogP contribution in [0.5, 0.6) is 0 Å². The van der Waals surface area contributed by atoms with Gasteiger partial charge in [0.05, 0.1) is 11.8 Å². The smallest absolute Gasteiger partial charge is 0.167 e. The van der Waals surface area contributed by atoms with Gasteiger partial charge < -0.3 is 10.4 Å². The second-order valence-electron chi connectivity index (χ2n) is 5.32. The van der Waals surface area contributed by atoms with Crippen molar-refractivity contribution in [1.29, 1.82) is 5.26 Å². The Morgan fingerprint density at radius 2 is 1.90 bits per heavy atom. The molecular formula is C15H22N4O. The van der Waals surface area contributed by atoms with Crippen molar-refractivity contribution >= 4 is 5.82 Å². The minimum Gasteiger partial charge on any atom is -0.393 e. The normalized spacial score (nSPS) is 22.3. The fraction of sp³-hybridized carbons (Fsp3) is 0.667. The van der Waals surface area contributed by atoms with E-state index in [9.17, 15) is 10.4 Å². The monoisotopic (exact) mass is 274 g/mol. The molecule has 1 heterocycles. The van der Waals surface area contributed by atoms with Crippen LogP contribution in [0.4, 0.5) is 5.82 Å². The zero-order valence-electron chi connectivity index (χ0n) is 12.2. The first-order valence-corrected chi connectivity index (χ1v) is 7.42. The van der Waals surface area contributed by atoms with E-state index in [1.807, 2.05) is 13.8 Å². The minimum absolute atomic E-state index is 0.178. The third kappa shape index (κ3) is 3.07. The lowest BCUT2D eigenvalue weighted by Crippen LogP contribution is -2.29. The molecule has 1 aliphatic carbocycles. The van der Waals surface area contributed by atoms with E-state index >= 15 is 0 Å². The van der Waals surface area contributed by atoms with Gasteiger partial charge in [0.15, 0.2) is 5.82 Å². The Bertz CT molecular complexity index is 501. The lowest BCUT2D eigenvalue weighted by atomic mass is 9.93. The fourth-order valence-electron chi connectivity index (χ4n) is 2.81. The molecule has 0 atom stereocenters. The number of nitrogens with one attached hydrogen (secondary N) is 1. The van der Waals surface area contributed by atoms with Crippen molar-refractivity contribution in [3.63, 3.8) is 0 Å². The summed E-state index contributed by atoms with van der Waals surface area (Å²) in [5.41, 5.74) is 2.54. The van der Waals surface area contributed by atoms with Gasteiger partial charge in [-0.3, -0.25) is 0 Å². The summed E-state index contributed by atoms with van der Waals surface area (Å²) < 4.78 is 0. The minimum atomic E-state index is -0.178. The summed E-state index contributed by atoms with van der Waals surface area (Å²) in [6.45, 7) is 4.07. The molecule has 0 bridgehead atoms. The van der Waals surface area contributed by atoms with E-state index in [1.165, 1.54) is 0 Å². The van der Waals surface area contributed by atoms with Crippen LogP contribution in [0.1, 0.15) is 56.4 Å². The third-order valence-electron chi connectivity index (χ3n) is 4.00. The van der Waals surface area contributed by atoms with Gasteiger partial charge in [0, 0.05) is 6.04 Å². The standard InChI is InChI=1S/C15H22N4O/c1-3-12-13(9-16)15(19-18-14(12)4-2)17-10-5-7-11(20)8-6-10/h10-11,20H,3-8H2,1-2H3,(H,17,19). The van der Waals surface area contributed by atoms with Crippen molar-refractivity contribution in [2.75, 3.05) is 5.32 Å². The quantitative estimate of drug-likeness (QED) is 0.879. The molecule has 2 N–H and O–H groups in total. The Morgan fingerprint density at radius 3 is 2.45 bits per heavy atom. The van der Waals surface area contributed by atoms with E-state index in [-0.39, 0.29) is 12.1 Å². The Morgan fingerprint density at radius 1 is 1.20 bits per heavy atom. The lowest BCUT2D eigenvalue weighted by Gasteiger charge is -2.27. The molecule has 20 heavy (non-hydrogen) atoms. The van der Waals surface area contributed by atoms with Crippen LogP contribution in [0.15, 0.2) is 0 Å². The highest BCUT2D eigenvalue weighted by atomic mass is 16.3. The fourth-order valence-corrected chi connectivity index (χ4v) is 2.81. The first-order valence-electron chi connectivity index (χ1n) is 7.42. The zero-order chi connectivity index (χ0) is 14.5. The Labute approximate surface area is 120 Å². The predicted molar refractivity (Wildman–Crippen MR) is 77.4 cm³/mol. The van der Waals surface area contributed by atoms with Crippen LogP contribution in [-0.4, -0.2) is 27.4 Å². The summed E-state index contributed by atoms with van der Waals surface area (Å²) in [4.78, 5) is 0. The number of hydrogen-bond acceptors (Lipinski definition) is 5. The van der Waals surface area contributed by atoms with Crippen LogP contribution < -0.4 is 5.32 Å². The summed E-state index contributed by atoms with van der Waals surface area (Å²) in [5, 5.41) is 30.7. The molecule has 0 spiro atoms. The van der Waals surface area contributed by atoms with Gasteiger partial charge >= 0.3 is 0 Å². The molecule has 0 radical (unpaired) electrons. The average Bonchev–Trinajstić information content (AvgIpc) is 2.48. The molecule has 1 fully saturated rings. The van der Waals surface area contributed by atoms with E-state index in [4.69, 9.17) is 0 Å². The molecule has 0 unspecified atom stereocenters. The number of nitrogens with zero attached hydrogens (tertiary/aromatic N) is 3. The maximum absolute atomic E-state index is 9.54. The van der Waals surface area contributed by atoms with Crippen molar-refractivity contribution in [2.24, 2.45) is 0 Å². The number of aliphatic hydroxyl groups excluding tert-OH is 1. The number of aromatic nitrogens is 2. The van der Waals surface area contributed by atoms with Crippen LogP contribution in [0.3, 0.4) is 0 Å². The maximum Gasteiger partial charge on any atom is 0.167 e. The molecule has 1 saturated carbocycles. The predicted octanol–water partition coefficient (Wildman–Crippen LogP) is 2.19. The molecule has 2 rings (SSSR count). The number of rotatable bonds is 4. The molecule has 0 amide bonds. The first-order chi connectivity index (χ1) is 9.69. The molecule has 1 aromatic rings. The third-order valence-corrected chi connectivity index (χ3v) is 4.00. The van der Waals surface area contributed by atoms with E-state index in [0.717, 1.165) is 49.8 Å². The van der Waals surface area contributed by atoms with E-state index in [2.05, 4.69) is 21.6 Å². The molecular weight excluding hydrogens is 252 g/mol. The molecule has 1 aromatic heterocycles. The highest BCUT2D eigenvalue weighted by molar-refractivity contribution is 5.56. The van der Waals surface area contributed by atoms with E-state index < -0.39 is 0 Å². The largest absolute Gasteiger partial charge is 0.393 e. The van der Waals surface area contributed by atoms with Gasteiger partial charge in [0.2, 0.25) is 0 Å². The van der Waals surface area contributed by atoms with Crippen molar-refractivity contribution in [3.05, 3.63) is 16.8 Å². The van der Waals surface area contributed by atoms with Gasteiger partial charge in [0.25, 0.3) is 0 Å². The molecule has 108 valence electrons. The van der Waals surface area contributed by atoms with Crippen LogP contribution in [-0.2, 0) is 12.8 Å². The second-order valence-corrected chi connectivity index (χ2v) is 5.32. The van der Waals surface area contributed by atoms with E-state index in [0.29, 0.717) is 11.4 Å². The second kappa shape index (κ2) is 6.67. The van der Waals surface area contributed by atoms with Gasteiger partial charge in [-0.1, -0.05) is 13.8 Å². The Hall–Kier alpha value is -1.67. The van der Waals surface area contributed by atoms with Gasteiger partial charge in [0.1, 0.15) is 11.6 Å². The summed E-state index contributed by atoms with van der Waals surface area (Å²) >= 11 is 0. The summed E-state index contributed by atoms with van der Waals surface area (Å²) in [6.07, 6.45) is 4.83. The van der Waals surface area contributed by atoms with Crippen LogP contribution in [0.25, 0.3) is 0 Å². The number of anilines is 1. The Balaban J connectivity index is 2.22. The number of nitriles is 1. The number of hydrogen-bond donors (Lipinski definition) is 2. The van der Waals surface area contributed by atoms with Crippen LogP contribution >= 0.6 is 0 Å². The van der Waals surface area contributed by atoms with E-state index in [1.54, 1.807) is 0 Å².